The first-order chi connectivity index (χ1) is 10.6. The number of phenols is 1. The molecule has 1 fully saturated rings. The first-order valence-corrected chi connectivity index (χ1v) is 8.03. The van der Waals surface area contributed by atoms with Crippen LogP contribution in [-0.4, -0.2) is 5.11 Å². The van der Waals surface area contributed by atoms with Crippen molar-refractivity contribution in [3.8, 4) is 16.9 Å². The van der Waals surface area contributed by atoms with Crippen LogP contribution >= 0.6 is 0 Å². The van der Waals surface area contributed by atoms with E-state index in [0.29, 0.717) is 11.6 Å². The van der Waals surface area contributed by atoms with Gasteiger partial charge in [0.1, 0.15) is 5.75 Å². The molecule has 0 unspecified atom stereocenters. The Bertz CT molecular complexity index is 656. The highest BCUT2D eigenvalue weighted by molar-refractivity contribution is 5.87. The summed E-state index contributed by atoms with van der Waals surface area (Å²) in [7, 11) is 0. The summed E-state index contributed by atoms with van der Waals surface area (Å²) in [5.41, 5.74) is 15.9. The van der Waals surface area contributed by atoms with Crippen LogP contribution < -0.4 is 11.5 Å². The minimum Gasteiger partial charge on any atom is -0.506 e. The van der Waals surface area contributed by atoms with Gasteiger partial charge in [0.15, 0.2) is 0 Å². The molecule has 0 amide bonds. The lowest BCUT2D eigenvalue weighted by Gasteiger charge is -2.26. The normalized spacial score (nSPS) is 21.7. The average molecular weight is 296 g/mol. The van der Waals surface area contributed by atoms with E-state index < -0.39 is 0 Å². The smallest absolute Gasteiger partial charge is 0.140 e. The Kier molecular flexibility index (Phi) is 3.97. The molecule has 3 nitrogen and oxygen atoms in total. The lowest BCUT2D eigenvalue weighted by molar-refractivity contribution is 0.348. The molecular formula is C19H24N2O. The maximum atomic E-state index is 9.60. The number of benzene rings is 2. The molecule has 3 rings (SSSR count). The second-order valence-electron chi connectivity index (χ2n) is 6.54. The molecule has 116 valence electrons. The molecule has 0 aliphatic heterocycles. The van der Waals surface area contributed by atoms with Crippen LogP contribution in [0.3, 0.4) is 0 Å². The standard InChI is InChI=1S/C19H24N2O/c1-12-2-4-13(5-3-12)14-6-8-15(9-7-14)16-10-11-17(22)19(21)18(16)20/h6-13,22H,2-5,20-21H2,1H3. The Morgan fingerprint density at radius 2 is 1.50 bits per heavy atom. The quantitative estimate of drug-likeness (QED) is 0.563. The zero-order valence-electron chi connectivity index (χ0n) is 13.0. The minimum absolute atomic E-state index is 0.0363. The van der Waals surface area contributed by atoms with Gasteiger partial charge in [-0.05, 0) is 47.9 Å². The Morgan fingerprint density at radius 1 is 0.864 bits per heavy atom. The molecule has 1 saturated carbocycles. The summed E-state index contributed by atoms with van der Waals surface area (Å²) < 4.78 is 0. The summed E-state index contributed by atoms with van der Waals surface area (Å²) in [6.45, 7) is 2.34. The van der Waals surface area contributed by atoms with E-state index in [1.807, 2.05) is 6.07 Å². The van der Waals surface area contributed by atoms with Crippen LogP contribution in [0.15, 0.2) is 36.4 Å². The lowest BCUT2D eigenvalue weighted by Crippen LogP contribution is -2.10. The van der Waals surface area contributed by atoms with Crippen molar-refractivity contribution in [1.82, 2.24) is 0 Å². The van der Waals surface area contributed by atoms with E-state index in [1.54, 1.807) is 6.07 Å². The third-order valence-corrected chi connectivity index (χ3v) is 4.97. The summed E-state index contributed by atoms with van der Waals surface area (Å²) in [4.78, 5) is 0. The third kappa shape index (κ3) is 2.76. The Balaban J connectivity index is 1.84. The molecule has 0 aromatic heterocycles. The second kappa shape index (κ2) is 5.91. The predicted molar refractivity (Wildman–Crippen MR) is 92.7 cm³/mol. The number of aromatic hydroxyl groups is 1. The Morgan fingerprint density at radius 3 is 2.14 bits per heavy atom. The van der Waals surface area contributed by atoms with Crippen LogP contribution in [0.5, 0.6) is 5.75 Å². The highest BCUT2D eigenvalue weighted by Gasteiger charge is 2.19. The molecule has 0 radical (unpaired) electrons. The predicted octanol–water partition coefficient (Wildman–Crippen LogP) is 4.52. The molecule has 5 N–H and O–H groups in total. The van der Waals surface area contributed by atoms with E-state index in [4.69, 9.17) is 11.5 Å². The minimum atomic E-state index is 0.0363. The van der Waals surface area contributed by atoms with Crippen molar-refractivity contribution in [2.24, 2.45) is 5.92 Å². The molecule has 2 aromatic carbocycles. The molecule has 0 heterocycles. The summed E-state index contributed by atoms with van der Waals surface area (Å²) in [5.74, 6) is 1.59. The molecule has 1 aliphatic rings. The summed E-state index contributed by atoms with van der Waals surface area (Å²) in [5, 5.41) is 9.60. The largest absolute Gasteiger partial charge is 0.506 e. The van der Waals surface area contributed by atoms with Gasteiger partial charge in [-0.25, -0.2) is 0 Å². The Hall–Kier alpha value is -2.16. The topological polar surface area (TPSA) is 72.3 Å². The van der Waals surface area contributed by atoms with Crippen LogP contribution in [0.25, 0.3) is 11.1 Å². The van der Waals surface area contributed by atoms with Gasteiger partial charge < -0.3 is 16.6 Å². The number of rotatable bonds is 2. The second-order valence-corrected chi connectivity index (χ2v) is 6.54. The zero-order valence-corrected chi connectivity index (χ0v) is 13.0. The number of hydrogen-bond donors (Lipinski definition) is 3. The maximum absolute atomic E-state index is 9.60. The average Bonchev–Trinajstić information content (AvgIpc) is 2.54. The molecule has 0 atom stereocenters. The summed E-state index contributed by atoms with van der Waals surface area (Å²) in [6.07, 6.45) is 5.23. The van der Waals surface area contributed by atoms with Crippen molar-refractivity contribution in [1.29, 1.82) is 0 Å². The van der Waals surface area contributed by atoms with Gasteiger partial charge in [-0.1, -0.05) is 44.0 Å². The highest BCUT2D eigenvalue weighted by atomic mass is 16.3. The maximum Gasteiger partial charge on any atom is 0.140 e. The number of phenolic OH excluding ortho intramolecular Hbond substituents is 1. The molecule has 2 aromatic rings. The summed E-state index contributed by atoms with van der Waals surface area (Å²) >= 11 is 0. The van der Waals surface area contributed by atoms with Gasteiger partial charge in [0.25, 0.3) is 0 Å². The van der Waals surface area contributed by atoms with Gasteiger partial charge >= 0.3 is 0 Å². The van der Waals surface area contributed by atoms with Crippen LogP contribution in [0.2, 0.25) is 0 Å². The van der Waals surface area contributed by atoms with E-state index in [1.165, 1.54) is 31.2 Å². The fraction of sp³-hybridized carbons (Fsp3) is 0.368. The van der Waals surface area contributed by atoms with Gasteiger partial charge in [-0.3, -0.25) is 0 Å². The molecular weight excluding hydrogens is 272 g/mol. The van der Waals surface area contributed by atoms with Crippen LogP contribution in [0.1, 0.15) is 44.1 Å². The van der Waals surface area contributed by atoms with Crippen molar-refractivity contribution < 1.29 is 5.11 Å². The van der Waals surface area contributed by atoms with Gasteiger partial charge in [0.05, 0.1) is 11.4 Å². The number of anilines is 2. The molecule has 0 saturated heterocycles. The van der Waals surface area contributed by atoms with Gasteiger partial charge in [0, 0.05) is 5.56 Å². The Labute approximate surface area is 132 Å². The van der Waals surface area contributed by atoms with Gasteiger partial charge in [0.2, 0.25) is 0 Å². The van der Waals surface area contributed by atoms with E-state index in [-0.39, 0.29) is 11.4 Å². The molecule has 0 bridgehead atoms. The molecule has 0 spiro atoms. The van der Waals surface area contributed by atoms with Crippen molar-refractivity contribution in [2.75, 3.05) is 11.5 Å². The van der Waals surface area contributed by atoms with Crippen molar-refractivity contribution in [3.63, 3.8) is 0 Å². The van der Waals surface area contributed by atoms with Gasteiger partial charge in [-0.15, -0.1) is 0 Å². The monoisotopic (exact) mass is 296 g/mol. The number of nitrogens with two attached hydrogens (primary N) is 2. The van der Waals surface area contributed by atoms with E-state index in [2.05, 4.69) is 31.2 Å². The van der Waals surface area contributed by atoms with E-state index in [0.717, 1.165) is 17.0 Å². The van der Waals surface area contributed by atoms with Gasteiger partial charge in [-0.2, -0.15) is 0 Å². The van der Waals surface area contributed by atoms with E-state index in [9.17, 15) is 5.11 Å². The molecule has 22 heavy (non-hydrogen) atoms. The number of hydrogen-bond acceptors (Lipinski definition) is 3. The van der Waals surface area contributed by atoms with Crippen molar-refractivity contribution in [3.05, 3.63) is 42.0 Å². The fourth-order valence-corrected chi connectivity index (χ4v) is 3.40. The molecule has 3 heteroatoms. The lowest BCUT2D eigenvalue weighted by atomic mass is 9.79. The van der Waals surface area contributed by atoms with Crippen molar-refractivity contribution >= 4 is 11.4 Å². The first-order valence-electron chi connectivity index (χ1n) is 8.03. The SMILES string of the molecule is CC1CCC(c2ccc(-c3ccc(O)c(N)c3N)cc2)CC1. The van der Waals surface area contributed by atoms with Crippen LogP contribution in [0.4, 0.5) is 11.4 Å². The highest BCUT2D eigenvalue weighted by Crippen LogP contribution is 2.38. The molecule has 1 aliphatic carbocycles. The zero-order chi connectivity index (χ0) is 15.7. The number of nitrogen functional groups attached to an aromatic ring is 2. The summed E-state index contributed by atoms with van der Waals surface area (Å²) in [6, 6.07) is 12.0. The van der Waals surface area contributed by atoms with Crippen LogP contribution in [-0.2, 0) is 0 Å². The fourth-order valence-electron chi connectivity index (χ4n) is 3.40. The van der Waals surface area contributed by atoms with Crippen molar-refractivity contribution in [2.45, 2.75) is 38.5 Å². The van der Waals surface area contributed by atoms with E-state index >= 15 is 0 Å². The van der Waals surface area contributed by atoms with Crippen LogP contribution in [0, 0.1) is 5.92 Å². The third-order valence-electron chi connectivity index (χ3n) is 4.97. The first kappa shape index (κ1) is 14.8.